The number of hydrogen-bond donors (Lipinski definition) is 1. The van der Waals surface area contributed by atoms with Gasteiger partial charge in [0.2, 0.25) is 5.95 Å². The Hall–Kier alpha value is -0.590. The highest BCUT2D eigenvalue weighted by Gasteiger charge is 2.23. The molecule has 1 N–H and O–H groups in total. The number of nitrogens with one attached hydrogen (secondary N) is 1. The fraction of sp³-hybridized carbons (Fsp3) is 0.333. The Kier molecular flexibility index (Phi) is 6.92. The molecule has 23 heavy (non-hydrogen) atoms. The van der Waals surface area contributed by atoms with Crippen LogP contribution in [0.5, 0.6) is 0 Å². The summed E-state index contributed by atoms with van der Waals surface area (Å²) in [4.78, 5) is 10.9. The Labute approximate surface area is 160 Å². The van der Waals surface area contributed by atoms with Crippen molar-refractivity contribution in [1.29, 1.82) is 0 Å². The zero-order valence-corrected chi connectivity index (χ0v) is 16.1. The lowest BCUT2D eigenvalue weighted by Crippen LogP contribution is -2.32. The number of rotatable bonds is 4. The number of nitrogens with zero attached hydrogens (tertiary/aromatic N) is 3. The first-order chi connectivity index (χ1) is 10.6. The monoisotopic (exact) mass is 436 g/mol. The highest BCUT2D eigenvalue weighted by atomic mass is 79.9. The summed E-state index contributed by atoms with van der Waals surface area (Å²) < 4.78 is 0.891. The normalized spacial score (nSPS) is 17.2. The minimum Gasteiger partial charge on any atom is -0.339 e. The molecule has 1 saturated heterocycles. The lowest BCUT2D eigenvalue weighted by Gasteiger charge is -2.17. The van der Waals surface area contributed by atoms with Gasteiger partial charge >= 0.3 is 0 Å². The van der Waals surface area contributed by atoms with Crippen molar-refractivity contribution in [2.24, 2.45) is 0 Å². The number of halogens is 4. The van der Waals surface area contributed by atoms with Crippen LogP contribution in [0.15, 0.2) is 35.1 Å². The molecular formula is C15H16BrCl3N4. The van der Waals surface area contributed by atoms with Gasteiger partial charge in [0.15, 0.2) is 0 Å². The van der Waals surface area contributed by atoms with E-state index in [-0.39, 0.29) is 12.4 Å². The maximum absolute atomic E-state index is 6.20. The number of anilines is 1. The maximum atomic E-state index is 6.20. The van der Waals surface area contributed by atoms with Gasteiger partial charge in [-0.25, -0.2) is 9.97 Å². The van der Waals surface area contributed by atoms with Crippen LogP contribution in [-0.2, 0) is 6.54 Å². The van der Waals surface area contributed by atoms with Crippen LogP contribution in [0.3, 0.4) is 0 Å². The van der Waals surface area contributed by atoms with Gasteiger partial charge in [0.25, 0.3) is 0 Å². The van der Waals surface area contributed by atoms with Gasteiger partial charge < -0.3 is 10.2 Å². The molecule has 1 unspecified atom stereocenters. The third kappa shape index (κ3) is 4.94. The van der Waals surface area contributed by atoms with Crippen LogP contribution >= 0.6 is 51.5 Å². The van der Waals surface area contributed by atoms with Crippen LogP contribution in [0.1, 0.15) is 12.0 Å². The van der Waals surface area contributed by atoms with Crippen LogP contribution in [0.25, 0.3) is 0 Å². The van der Waals surface area contributed by atoms with Crippen molar-refractivity contribution >= 4 is 57.5 Å². The van der Waals surface area contributed by atoms with Crippen molar-refractivity contribution in [3.05, 3.63) is 50.7 Å². The molecule has 1 aliphatic rings. The second-order valence-corrected chi connectivity index (χ2v) is 7.01. The van der Waals surface area contributed by atoms with Crippen molar-refractivity contribution in [3.8, 4) is 0 Å². The standard InChI is InChI=1S/C15H15BrCl2N4.ClH/c16-11-7-20-15(21-8-11)22-4-3-13(9-22)19-6-10-1-2-12(17)5-14(10)18;/h1-2,5,7-8,13,19H,3-4,6,9H2;1H. The zero-order valence-electron chi connectivity index (χ0n) is 12.2. The largest absolute Gasteiger partial charge is 0.339 e. The van der Waals surface area contributed by atoms with Gasteiger partial charge in [-0.3, -0.25) is 0 Å². The van der Waals surface area contributed by atoms with Gasteiger partial charge in [0, 0.05) is 48.1 Å². The zero-order chi connectivity index (χ0) is 15.5. The molecular weight excluding hydrogens is 422 g/mol. The average Bonchev–Trinajstić information content (AvgIpc) is 2.96. The molecule has 0 saturated carbocycles. The van der Waals surface area contributed by atoms with Crippen LogP contribution in [0.2, 0.25) is 10.0 Å². The van der Waals surface area contributed by atoms with Crippen molar-refractivity contribution in [2.75, 3.05) is 18.0 Å². The first-order valence-electron chi connectivity index (χ1n) is 7.01. The Morgan fingerprint density at radius 1 is 1.26 bits per heavy atom. The summed E-state index contributed by atoms with van der Waals surface area (Å²) >= 11 is 15.5. The van der Waals surface area contributed by atoms with Crippen LogP contribution in [0, 0.1) is 0 Å². The van der Waals surface area contributed by atoms with Gasteiger partial charge in [-0.15, -0.1) is 12.4 Å². The second-order valence-electron chi connectivity index (χ2n) is 5.25. The first kappa shape index (κ1) is 18.7. The van der Waals surface area contributed by atoms with Crippen LogP contribution in [-0.4, -0.2) is 29.1 Å². The van der Waals surface area contributed by atoms with Crippen molar-refractivity contribution in [2.45, 2.75) is 19.0 Å². The highest BCUT2D eigenvalue weighted by Crippen LogP contribution is 2.22. The van der Waals surface area contributed by atoms with Gasteiger partial charge in [-0.1, -0.05) is 29.3 Å². The summed E-state index contributed by atoms with van der Waals surface area (Å²) in [5.41, 5.74) is 1.06. The van der Waals surface area contributed by atoms with E-state index in [0.29, 0.717) is 16.1 Å². The lowest BCUT2D eigenvalue weighted by molar-refractivity contribution is 0.551. The van der Waals surface area contributed by atoms with E-state index in [0.717, 1.165) is 42.0 Å². The molecule has 0 bridgehead atoms. The fourth-order valence-electron chi connectivity index (χ4n) is 2.50. The summed E-state index contributed by atoms with van der Waals surface area (Å²) in [6, 6.07) is 6.00. The first-order valence-corrected chi connectivity index (χ1v) is 8.56. The van der Waals surface area contributed by atoms with Crippen molar-refractivity contribution in [3.63, 3.8) is 0 Å². The van der Waals surface area contributed by atoms with E-state index in [4.69, 9.17) is 23.2 Å². The Bertz CT molecular complexity index is 654. The summed E-state index contributed by atoms with van der Waals surface area (Å²) in [6.45, 7) is 2.58. The van der Waals surface area contributed by atoms with Gasteiger partial charge in [-0.2, -0.15) is 0 Å². The molecule has 1 aromatic carbocycles. The molecule has 1 atom stereocenters. The average molecular weight is 439 g/mol. The van der Waals surface area contributed by atoms with Gasteiger partial charge in [-0.05, 0) is 40.0 Å². The van der Waals surface area contributed by atoms with E-state index in [1.165, 1.54) is 0 Å². The number of aromatic nitrogens is 2. The third-order valence-electron chi connectivity index (χ3n) is 3.67. The molecule has 8 heteroatoms. The molecule has 1 aliphatic heterocycles. The molecule has 0 radical (unpaired) electrons. The maximum Gasteiger partial charge on any atom is 0.225 e. The number of hydrogen-bond acceptors (Lipinski definition) is 4. The van der Waals surface area contributed by atoms with E-state index in [2.05, 4.69) is 36.1 Å². The molecule has 0 amide bonds. The van der Waals surface area contributed by atoms with Crippen molar-refractivity contribution < 1.29 is 0 Å². The molecule has 2 heterocycles. The van der Waals surface area contributed by atoms with Gasteiger partial charge in [0.1, 0.15) is 0 Å². The predicted molar refractivity (Wildman–Crippen MR) is 101 cm³/mol. The minimum atomic E-state index is 0. The predicted octanol–water partition coefficient (Wildman–Crippen LogP) is 4.34. The number of benzene rings is 1. The van der Waals surface area contributed by atoms with E-state index in [1.54, 1.807) is 18.5 Å². The SMILES string of the molecule is Cl.Clc1ccc(CNC2CCN(c3ncc(Br)cn3)C2)c(Cl)c1. The summed E-state index contributed by atoms with van der Waals surface area (Å²) in [6.07, 6.45) is 4.61. The molecule has 4 nitrogen and oxygen atoms in total. The van der Waals surface area contributed by atoms with Crippen LogP contribution < -0.4 is 10.2 Å². The molecule has 3 rings (SSSR count). The van der Waals surface area contributed by atoms with Crippen molar-refractivity contribution in [1.82, 2.24) is 15.3 Å². The molecule has 2 aromatic rings. The fourth-order valence-corrected chi connectivity index (χ4v) is 3.18. The summed E-state index contributed by atoms with van der Waals surface area (Å²) in [5.74, 6) is 0.775. The smallest absolute Gasteiger partial charge is 0.225 e. The highest BCUT2D eigenvalue weighted by molar-refractivity contribution is 9.10. The quantitative estimate of drug-likeness (QED) is 0.771. The topological polar surface area (TPSA) is 41.0 Å². The molecule has 1 fully saturated rings. The third-order valence-corrected chi connectivity index (χ3v) is 4.67. The molecule has 124 valence electrons. The Morgan fingerprint density at radius 2 is 2.00 bits per heavy atom. The van der Waals surface area contributed by atoms with E-state index in [9.17, 15) is 0 Å². The Balaban J connectivity index is 0.00000192. The van der Waals surface area contributed by atoms with Crippen LogP contribution in [0.4, 0.5) is 5.95 Å². The molecule has 0 spiro atoms. The Morgan fingerprint density at radius 3 is 2.70 bits per heavy atom. The minimum absolute atomic E-state index is 0. The van der Waals surface area contributed by atoms with E-state index >= 15 is 0 Å². The van der Waals surface area contributed by atoms with Gasteiger partial charge in [0.05, 0.1) is 4.47 Å². The second kappa shape index (κ2) is 8.49. The van der Waals surface area contributed by atoms with E-state index in [1.807, 2.05) is 12.1 Å². The lowest BCUT2D eigenvalue weighted by atomic mass is 10.2. The molecule has 1 aromatic heterocycles. The van der Waals surface area contributed by atoms with E-state index < -0.39 is 0 Å². The summed E-state index contributed by atoms with van der Waals surface area (Å²) in [5, 5.41) is 4.90. The summed E-state index contributed by atoms with van der Waals surface area (Å²) in [7, 11) is 0. The molecule has 0 aliphatic carbocycles.